The maximum atomic E-state index is 12.3. The topological polar surface area (TPSA) is 55.0 Å². The van der Waals surface area contributed by atoms with E-state index >= 15 is 0 Å². The normalized spacial score (nSPS) is 22.2. The molecule has 21 heavy (non-hydrogen) atoms. The first kappa shape index (κ1) is 14.7. The molecule has 5 heteroatoms. The van der Waals surface area contributed by atoms with Gasteiger partial charge in [0.25, 0.3) is 5.56 Å². The van der Waals surface area contributed by atoms with Crippen molar-refractivity contribution in [3.63, 3.8) is 0 Å². The number of rotatable bonds is 2. The van der Waals surface area contributed by atoms with Crippen molar-refractivity contribution in [2.24, 2.45) is 0 Å². The molecule has 3 rings (SSSR count). The first-order valence-electron chi connectivity index (χ1n) is 7.10. The van der Waals surface area contributed by atoms with Crippen molar-refractivity contribution in [1.29, 1.82) is 0 Å². The molecule has 2 heterocycles. The van der Waals surface area contributed by atoms with E-state index in [2.05, 4.69) is 27.6 Å². The van der Waals surface area contributed by atoms with Crippen LogP contribution in [-0.4, -0.2) is 16.6 Å². The highest BCUT2D eigenvalue weighted by Gasteiger charge is 2.33. The van der Waals surface area contributed by atoms with Gasteiger partial charge in [0.15, 0.2) is 0 Å². The number of ether oxygens (including phenoxy) is 1. The van der Waals surface area contributed by atoms with E-state index in [9.17, 15) is 4.79 Å². The van der Waals surface area contributed by atoms with E-state index in [0.717, 1.165) is 30.5 Å². The largest absolute Gasteiger partial charge is 0.367 e. The van der Waals surface area contributed by atoms with Crippen molar-refractivity contribution < 1.29 is 4.74 Å². The molecule has 4 nitrogen and oxygen atoms in total. The number of nitrogens with zero attached hydrogens (tertiary/aromatic N) is 1. The van der Waals surface area contributed by atoms with E-state index in [1.165, 1.54) is 0 Å². The lowest BCUT2D eigenvalue weighted by Crippen LogP contribution is -2.35. The van der Waals surface area contributed by atoms with Crippen LogP contribution in [0.25, 0.3) is 11.3 Å². The van der Waals surface area contributed by atoms with Gasteiger partial charge in [-0.05, 0) is 48.8 Å². The monoisotopic (exact) mass is 396 g/mol. The number of benzene rings is 1. The molecule has 1 saturated heterocycles. The first-order valence-corrected chi connectivity index (χ1v) is 8.18. The molecule has 0 saturated carbocycles. The van der Waals surface area contributed by atoms with Crippen LogP contribution in [0, 0.1) is 3.57 Å². The molecule has 1 aliphatic heterocycles. The van der Waals surface area contributed by atoms with Crippen LogP contribution in [0.1, 0.15) is 32.0 Å². The standard InChI is InChI=1S/C16H17IN2O2/c1-16(9-5-6-10-21-16)15-18-13(12(17)14(20)19-15)11-7-3-2-4-8-11/h2-4,7-8H,5-6,9-10H2,1H3,(H,18,19,20). The van der Waals surface area contributed by atoms with Crippen LogP contribution < -0.4 is 5.56 Å². The molecule has 1 fully saturated rings. The van der Waals surface area contributed by atoms with Gasteiger partial charge < -0.3 is 9.72 Å². The van der Waals surface area contributed by atoms with Gasteiger partial charge in [-0.3, -0.25) is 4.79 Å². The molecule has 1 N–H and O–H groups in total. The second-order valence-corrected chi connectivity index (χ2v) is 6.56. The van der Waals surface area contributed by atoms with Crippen molar-refractivity contribution >= 4 is 22.6 Å². The molecule has 0 radical (unpaired) electrons. The summed E-state index contributed by atoms with van der Waals surface area (Å²) in [6.07, 6.45) is 3.04. The maximum Gasteiger partial charge on any atom is 0.265 e. The molecule has 0 aliphatic carbocycles. The van der Waals surface area contributed by atoms with E-state index < -0.39 is 5.60 Å². The SMILES string of the molecule is CC1(c2nc(-c3ccccc3)c(I)c(=O)[nH]2)CCCCO1. The van der Waals surface area contributed by atoms with Gasteiger partial charge in [0.2, 0.25) is 0 Å². The number of aromatic amines is 1. The summed E-state index contributed by atoms with van der Waals surface area (Å²) in [5.41, 5.74) is 1.08. The molecule has 1 aromatic carbocycles. The Hall–Kier alpha value is -1.21. The van der Waals surface area contributed by atoms with E-state index in [1.807, 2.05) is 37.3 Å². The van der Waals surface area contributed by atoms with Crippen LogP contribution in [0.15, 0.2) is 35.1 Å². The Morgan fingerprint density at radius 1 is 1.29 bits per heavy atom. The van der Waals surface area contributed by atoms with Gasteiger partial charge in [0.05, 0.1) is 5.69 Å². The summed E-state index contributed by atoms with van der Waals surface area (Å²) in [4.78, 5) is 19.9. The van der Waals surface area contributed by atoms with Gasteiger partial charge >= 0.3 is 0 Å². The zero-order chi connectivity index (χ0) is 14.9. The number of aromatic nitrogens is 2. The summed E-state index contributed by atoms with van der Waals surface area (Å²) < 4.78 is 6.52. The fourth-order valence-corrected chi connectivity index (χ4v) is 3.18. The zero-order valence-corrected chi connectivity index (χ0v) is 14.0. The van der Waals surface area contributed by atoms with Crippen LogP contribution in [0.4, 0.5) is 0 Å². The number of halogens is 1. The van der Waals surface area contributed by atoms with Crippen molar-refractivity contribution in [2.75, 3.05) is 6.61 Å². The van der Waals surface area contributed by atoms with Crippen molar-refractivity contribution in [3.05, 3.63) is 50.1 Å². The fourth-order valence-electron chi connectivity index (χ4n) is 2.62. The Kier molecular flexibility index (Phi) is 4.12. The van der Waals surface area contributed by atoms with Crippen LogP contribution in [0.3, 0.4) is 0 Å². The number of H-pyrrole nitrogens is 1. The molecular weight excluding hydrogens is 379 g/mol. The maximum absolute atomic E-state index is 12.3. The fraction of sp³-hybridized carbons (Fsp3) is 0.375. The molecular formula is C16H17IN2O2. The summed E-state index contributed by atoms with van der Waals surface area (Å²) in [5, 5.41) is 0. The van der Waals surface area contributed by atoms with Crippen LogP contribution in [0.2, 0.25) is 0 Å². The number of nitrogens with one attached hydrogen (secondary N) is 1. The predicted octanol–water partition coefficient (Wildman–Crippen LogP) is 3.46. The lowest BCUT2D eigenvalue weighted by Gasteiger charge is -2.33. The minimum atomic E-state index is -0.495. The molecule has 1 aromatic heterocycles. The Morgan fingerprint density at radius 3 is 2.71 bits per heavy atom. The molecule has 0 bridgehead atoms. The molecule has 1 unspecified atom stereocenters. The van der Waals surface area contributed by atoms with Crippen LogP contribution in [-0.2, 0) is 10.3 Å². The summed E-state index contributed by atoms with van der Waals surface area (Å²) in [6.45, 7) is 2.72. The average molecular weight is 396 g/mol. The third-order valence-corrected chi connectivity index (χ3v) is 4.88. The number of hydrogen-bond acceptors (Lipinski definition) is 3. The minimum absolute atomic E-state index is 0.102. The second kappa shape index (κ2) is 5.88. The molecule has 2 aromatic rings. The number of hydrogen-bond donors (Lipinski definition) is 1. The Balaban J connectivity index is 2.12. The van der Waals surface area contributed by atoms with Gasteiger partial charge in [0, 0.05) is 12.2 Å². The zero-order valence-electron chi connectivity index (χ0n) is 11.9. The van der Waals surface area contributed by atoms with E-state index in [1.54, 1.807) is 0 Å². The quantitative estimate of drug-likeness (QED) is 0.792. The second-order valence-electron chi connectivity index (χ2n) is 5.48. The van der Waals surface area contributed by atoms with E-state index in [0.29, 0.717) is 16.0 Å². The first-order chi connectivity index (χ1) is 10.1. The molecule has 110 valence electrons. The summed E-state index contributed by atoms with van der Waals surface area (Å²) in [6, 6.07) is 9.80. The molecule has 1 atom stereocenters. The average Bonchev–Trinajstić information content (AvgIpc) is 2.51. The lowest BCUT2D eigenvalue weighted by atomic mass is 9.95. The Morgan fingerprint density at radius 2 is 2.05 bits per heavy atom. The van der Waals surface area contributed by atoms with Crippen LogP contribution >= 0.6 is 22.6 Å². The Labute approximate surface area is 137 Å². The van der Waals surface area contributed by atoms with E-state index in [4.69, 9.17) is 9.72 Å². The highest BCUT2D eigenvalue weighted by atomic mass is 127. The van der Waals surface area contributed by atoms with Crippen molar-refractivity contribution in [1.82, 2.24) is 9.97 Å². The van der Waals surface area contributed by atoms with Crippen molar-refractivity contribution in [2.45, 2.75) is 31.8 Å². The summed E-state index contributed by atoms with van der Waals surface area (Å²) in [7, 11) is 0. The predicted molar refractivity (Wildman–Crippen MR) is 90.2 cm³/mol. The minimum Gasteiger partial charge on any atom is -0.367 e. The smallest absolute Gasteiger partial charge is 0.265 e. The van der Waals surface area contributed by atoms with Crippen molar-refractivity contribution in [3.8, 4) is 11.3 Å². The Bertz CT molecular complexity index is 691. The lowest BCUT2D eigenvalue weighted by molar-refractivity contribution is -0.0761. The third kappa shape index (κ3) is 2.89. The van der Waals surface area contributed by atoms with Gasteiger partial charge in [-0.15, -0.1) is 0 Å². The highest BCUT2D eigenvalue weighted by molar-refractivity contribution is 14.1. The third-order valence-electron chi connectivity index (χ3n) is 3.88. The van der Waals surface area contributed by atoms with Crippen LogP contribution in [0.5, 0.6) is 0 Å². The van der Waals surface area contributed by atoms with Gasteiger partial charge in [-0.2, -0.15) is 0 Å². The van der Waals surface area contributed by atoms with Gasteiger partial charge in [0.1, 0.15) is 15.0 Å². The van der Waals surface area contributed by atoms with Gasteiger partial charge in [-0.1, -0.05) is 30.3 Å². The molecule has 0 amide bonds. The molecule has 0 spiro atoms. The molecule has 1 aliphatic rings. The summed E-state index contributed by atoms with van der Waals surface area (Å²) in [5.74, 6) is 0.631. The van der Waals surface area contributed by atoms with E-state index in [-0.39, 0.29) is 5.56 Å². The highest BCUT2D eigenvalue weighted by Crippen LogP contribution is 2.33. The summed E-state index contributed by atoms with van der Waals surface area (Å²) >= 11 is 2.05. The van der Waals surface area contributed by atoms with Gasteiger partial charge in [-0.25, -0.2) is 4.98 Å².